The molecule has 3 aromatic rings. The molecule has 0 atom stereocenters. The van der Waals surface area contributed by atoms with Crippen LogP contribution in [-0.4, -0.2) is 11.8 Å². The number of anilines is 2. The number of para-hydroxylation sites is 1. The van der Waals surface area contributed by atoms with Crippen LogP contribution in [0.4, 0.5) is 11.4 Å². The summed E-state index contributed by atoms with van der Waals surface area (Å²) in [5.41, 5.74) is 12.4. The van der Waals surface area contributed by atoms with E-state index in [1.165, 1.54) is 11.3 Å². The van der Waals surface area contributed by atoms with Gasteiger partial charge in [0.25, 0.3) is 11.8 Å². The molecule has 5 nitrogen and oxygen atoms in total. The van der Waals surface area contributed by atoms with Crippen LogP contribution in [0.1, 0.15) is 20.0 Å². The van der Waals surface area contributed by atoms with E-state index in [1.807, 2.05) is 12.1 Å². The average Bonchev–Trinajstić information content (AvgIpc) is 2.90. The number of benzene rings is 2. The first kappa shape index (κ1) is 14.1. The maximum atomic E-state index is 12.4. The summed E-state index contributed by atoms with van der Waals surface area (Å²) in [6.07, 6.45) is 0. The third-order valence-electron chi connectivity index (χ3n) is 3.20. The van der Waals surface area contributed by atoms with Gasteiger partial charge in [-0.2, -0.15) is 0 Å². The maximum Gasteiger partial charge on any atom is 0.265 e. The number of carbonyl (C=O) groups is 2. The number of hydrogen-bond donors (Lipinski definition) is 3. The van der Waals surface area contributed by atoms with Crippen molar-refractivity contribution in [3.63, 3.8) is 0 Å². The molecule has 0 saturated heterocycles. The number of carbonyl (C=O) groups excluding carboxylic acids is 2. The number of amides is 2. The SMILES string of the molecule is NC(=O)c1ccccc1NC(=O)c1cc2cc(N)ccc2s1. The molecule has 0 aliphatic rings. The fourth-order valence-corrected chi connectivity index (χ4v) is 3.10. The first-order valence-electron chi connectivity index (χ1n) is 6.54. The summed E-state index contributed by atoms with van der Waals surface area (Å²) in [4.78, 5) is 24.3. The smallest absolute Gasteiger partial charge is 0.265 e. The summed E-state index contributed by atoms with van der Waals surface area (Å²) < 4.78 is 0.975. The highest BCUT2D eigenvalue weighted by Crippen LogP contribution is 2.28. The van der Waals surface area contributed by atoms with Gasteiger partial charge in [0.05, 0.1) is 16.1 Å². The third kappa shape index (κ3) is 2.64. The van der Waals surface area contributed by atoms with Gasteiger partial charge in [-0.1, -0.05) is 12.1 Å². The van der Waals surface area contributed by atoms with Crippen molar-refractivity contribution in [2.45, 2.75) is 0 Å². The van der Waals surface area contributed by atoms with E-state index in [2.05, 4.69) is 5.32 Å². The second-order valence-corrected chi connectivity index (χ2v) is 5.86. The Bertz CT molecular complexity index is 886. The molecule has 110 valence electrons. The predicted octanol–water partition coefficient (Wildman–Crippen LogP) is 2.83. The number of hydrogen-bond acceptors (Lipinski definition) is 4. The Morgan fingerprint density at radius 2 is 1.82 bits per heavy atom. The molecule has 6 heteroatoms. The summed E-state index contributed by atoms with van der Waals surface area (Å²) in [5.74, 6) is -0.867. The number of nitrogens with one attached hydrogen (secondary N) is 1. The number of nitrogens with two attached hydrogens (primary N) is 2. The standard InChI is InChI=1S/C16H13N3O2S/c17-10-5-6-13-9(7-10)8-14(22-13)16(21)19-12-4-2-1-3-11(12)15(18)20/h1-8H,17H2,(H2,18,20)(H,19,21). The lowest BCUT2D eigenvalue weighted by atomic mass is 10.1. The van der Waals surface area contributed by atoms with E-state index in [0.717, 1.165) is 10.1 Å². The molecule has 0 fully saturated rings. The average molecular weight is 311 g/mol. The van der Waals surface area contributed by atoms with Gasteiger partial charge in [0.15, 0.2) is 0 Å². The van der Waals surface area contributed by atoms with E-state index in [0.29, 0.717) is 16.3 Å². The largest absolute Gasteiger partial charge is 0.399 e. The molecule has 22 heavy (non-hydrogen) atoms. The van der Waals surface area contributed by atoms with Gasteiger partial charge in [-0.15, -0.1) is 11.3 Å². The lowest BCUT2D eigenvalue weighted by Gasteiger charge is -2.07. The minimum Gasteiger partial charge on any atom is -0.399 e. The van der Waals surface area contributed by atoms with Crippen LogP contribution in [-0.2, 0) is 0 Å². The molecule has 2 amide bonds. The van der Waals surface area contributed by atoms with Crippen molar-refractivity contribution in [1.29, 1.82) is 0 Å². The molecule has 1 heterocycles. The molecule has 2 aromatic carbocycles. The summed E-state index contributed by atoms with van der Waals surface area (Å²) in [6, 6.07) is 13.9. The highest BCUT2D eigenvalue weighted by molar-refractivity contribution is 7.20. The summed E-state index contributed by atoms with van der Waals surface area (Å²) in [5, 5.41) is 3.64. The Labute approximate surface area is 130 Å². The zero-order chi connectivity index (χ0) is 15.7. The van der Waals surface area contributed by atoms with Crippen LogP contribution >= 0.6 is 11.3 Å². The normalized spacial score (nSPS) is 10.5. The third-order valence-corrected chi connectivity index (χ3v) is 4.32. The first-order valence-corrected chi connectivity index (χ1v) is 7.35. The van der Waals surface area contributed by atoms with Gasteiger partial charge in [0.2, 0.25) is 0 Å². The topological polar surface area (TPSA) is 98.2 Å². The summed E-state index contributed by atoms with van der Waals surface area (Å²) in [6.45, 7) is 0. The van der Waals surface area contributed by atoms with Gasteiger partial charge in [0.1, 0.15) is 0 Å². The zero-order valence-corrected chi connectivity index (χ0v) is 12.3. The number of rotatable bonds is 3. The Morgan fingerprint density at radius 1 is 1.05 bits per heavy atom. The summed E-state index contributed by atoms with van der Waals surface area (Å²) in [7, 11) is 0. The fourth-order valence-electron chi connectivity index (χ4n) is 2.16. The quantitative estimate of drug-likeness (QED) is 0.649. The van der Waals surface area contributed by atoms with E-state index >= 15 is 0 Å². The molecular formula is C16H13N3O2S. The molecular weight excluding hydrogens is 298 g/mol. The number of fused-ring (bicyclic) bond motifs is 1. The lowest BCUT2D eigenvalue weighted by Crippen LogP contribution is -2.17. The second kappa shape index (κ2) is 5.50. The molecule has 0 unspecified atom stereocenters. The van der Waals surface area contributed by atoms with E-state index in [1.54, 1.807) is 36.4 Å². The van der Waals surface area contributed by atoms with Crippen molar-refractivity contribution < 1.29 is 9.59 Å². The molecule has 0 aliphatic heterocycles. The van der Waals surface area contributed by atoms with E-state index in [-0.39, 0.29) is 11.5 Å². The second-order valence-electron chi connectivity index (χ2n) is 4.77. The van der Waals surface area contributed by atoms with Gasteiger partial charge < -0.3 is 16.8 Å². The molecule has 3 rings (SSSR count). The van der Waals surface area contributed by atoms with Crippen LogP contribution in [0.3, 0.4) is 0 Å². The Kier molecular flexibility index (Phi) is 3.52. The van der Waals surface area contributed by atoms with Gasteiger partial charge in [0, 0.05) is 10.4 Å². The lowest BCUT2D eigenvalue weighted by molar-refractivity contribution is 0.100. The van der Waals surface area contributed by atoms with Crippen molar-refractivity contribution in [1.82, 2.24) is 0 Å². The highest BCUT2D eigenvalue weighted by atomic mass is 32.1. The number of primary amides is 1. The number of thiophene rings is 1. The van der Waals surface area contributed by atoms with Crippen molar-refractivity contribution in [2.75, 3.05) is 11.1 Å². The first-order chi connectivity index (χ1) is 10.5. The maximum absolute atomic E-state index is 12.4. The van der Waals surface area contributed by atoms with Crippen molar-refractivity contribution in [3.05, 3.63) is 59.0 Å². The number of nitrogen functional groups attached to an aromatic ring is 1. The van der Waals surface area contributed by atoms with E-state index in [4.69, 9.17) is 11.5 Å². The van der Waals surface area contributed by atoms with E-state index in [9.17, 15) is 9.59 Å². The molecule has 5 N–H and O–H groups in total. The monoisotopic (exact) mass is 311 g/mol. The van der Waals surface area contributed by atoms with Crippen molar-refractivity contribution in [3.8, 4) is 0 Å². The van der Waals surface area contributed by atoms with Crippen LogP contribution in [0.5, 0.6) is 0 Å². The Hall–Kier alpha value is -2.86. The van der Waals surface area contributed by atoms with Gasteiger partial charge in [-0.3, -0.25) is 9.59 Å². The minimum absolute atomic E-state index is 0.279. The van der Waals surface area contributed by atoms with Gasteiger partial charge in [-0.25, -0.2) is 0 Å². The highest BCUT2D eigenvalue weighted by Gasteiger charge is 2.14. The molecule has 1 aromatic heterocycles. The van der Waals surface area contributed by atoms with Gasteiger partial charge in [-0.05, 0) is 41.8 Å². The van der Waals surface area contributed by atoms with Crippen molar-refractivity contribution in [2.24, 2.45) is 5.73 Å². The Morgan fingerprint density at radius 3 is 2.59 bits per heavy atom. The van der Waals surface area contributed by atoms with Crippen LogP contribution < -0.4 is 16.8 Å². The summed E-state index contributed by atoms with van der Waals surface area (Å²) >= 11 is 1.36. The van der Waals surface area contributed by atoms with Crippen LogP contribution in [0.2, 0.25) is 0 Å². The van der Waals surface area contributed by atoms with Crippen LogP contribution in [0.15, 0.2) is 48.5 Å². The van der Waals surface area contributed by atoms with E-state index < -0.39 is 5.91 Å². The Balaban J connectivity index is 1.92. The van der Waals surface area contributed by atoms with Crippen LogP contribution in [0, 0.1) is 0 Å². The van der Waals surface area contributed by atoms with Crippen LogP contribution in [0.25, 0.3) is 10.1 Å². The molecule has 0 aliphatic carbocycles. The molecule has 0 saturated carbocycles. The fraction of sp³-hybridized carbons (Fsp3) is 0. The predicted molar refractivity (Wildman–Crippen MR) is 89.2 cm³/mol. The molecule has 0 spiro atoms. The minimum atomic E-state index is -0.583. The van der Waals surface area contributed by atoms with Gasteiger partial charge >= 0.3 is 0 Å². The molecule has 0 bridgehead atoms. The van der Waals surface area contributed by atoms with Crippen molar-refractivity contribution >= 4 is 44.6 Å². The molecule has 0 radical (unpaired) electrons. The zero-order valence-electron chi connectivity index (χ0n) is 11.5.